The fourth-order valence-electron chi connectivity index (χ4n) is 2.42. The molecule has 96 valence electrons. The summed E-state index contributed by atoms with van der Waals surface area (Å²) in [7, 11) is 0. The Kier molecular flexibility index (Phi) is 2.23. The van der Waals surface area contributed by atoms with E-state index < -0.39 is 0 Å². The highest BCUT2D eigenvalue weighted by atomic mass is 32.1. The molecule has 0 N–H and O–H groups in total. The van der Waals surface area contributed by atoms with E-state index in [0.717, 1.165) is 45.0 Å². The van der Waals surface area contributed by atoms with Gasteiger partial charge in [-0.3, -0.25) is 0 Å². The zero-order chi connectivity index (χ0) is 13.0. The fraction of sp³-hybridized carbons (Fsp3) is 0.385. The summed E-state index contributed by atoms with van der Waals surface area (Å²) in [6, 6.07) is 0. The summed E-state index contributed by atoms with van der Waals surface area (Å²) in [4.78, 5) is 12.2. The van der Waals surface area contributed by atoms with Crippen LogP contribution in [-0.4, -0.2) is 33.3 Å². The SMILES string of the molecule is Cc1nnc2sc3c(N4CCC4)ncnc3c2c1C. The van der Waals surface area contributed by atoms with Crippen molar-refractivity contribution in [3.05, 3.63) is 17.6 Å². The van der Waals surface area contributed by atoms with Gasteiger partial charge in [0.05, 0.1) is 15.9 Å². The normalized spacial score (nSPS) is 15.2. The van der Waals surface area contributed by atoms with E-state index in [2.05, 4.69) is 32.0 Å². The maximum atomic E-state index is 4.48. The lowest BCUT2D eigenvalue weighted by Gasteiger charge is -2.31. The van der Waals surface area contributed by atoms with Crippen LogP contribution in [0.1, 0.15) is 17.7 Å². The smallest absolute Gasteiger partial charge is 0.150 e. The molecule has 1 saturated heterocycles. The first-order valence-corrected chi connectivity index (χ1v) is 7.19. The molecule has 3 aromatic heterocycles. The van der Waals surface area contributed by atoms with Crippen LogP contribution in [-0.2, 0) is 0 Å². The Labute approximate surface area is 114 Å². The first kappa shape index (κ1) is 11.0. The third-order valence-corrected chi connectivity index (χ3v) is 4.86. The predicted octanol–water partition coefficient (Wildman–Crippen LogP) is 2.46. The van der Waals surface area contributed by atoms with E-state index in [0.29, 0.717) is 0 Å². The van der Waals surface area contributed by atoms with Gasteiger partial charge >= 0.3 is 0 Å². The largest absolute Gasteiger partial charge is 0.355 e. The van der Waals surface area contributed by atoms with Crippen molar-refractivity contribution >= 4 is 37.6 Å². The zero-order valence-corrected chi connectivity index (χ0v) is 11.7. The second-order valence-corrected chi connectivity index (χ2v) is 5.91. The summed E-state index contributed by atoms with van der Waals surface area (Å²) in [5, 5.41) is 9.65. The average molecular weight is 271 g/mol. The summed E-state index contributed by atoms with van der Waals surface area (Å²) < 4.78 is 1.14. The van der Waals surface area contributed by atoms with Crippen LogP contribution in [0.3, 0.4) is 0 Å². The third-order valence-electron chi connectivity index (χ3n) is 3.80. The average Bonchev–Trinajstić information content (AvgIpc) is 2.72. The third kappa shape index (κ3) is 1.46. The van der Waals surface area contributed by atoms with Crippen LogP contribution in [0, 0.1) is 13.8 Å². The number of thiophene rings is 1. The van der Waals surface area contributed by atoms with Crippen molar-refractivity contribution in [1.82, 2.24) is 20.2 Å². The van der Waals surface area contributed by atoms with Gasteiger partial charge in [0.15, 0.2) is 0 Å². The molecule has 0 atom stereocenters. The minimum atomic E-state index is 0.959. The highest BCUT2D eigenvalue weighted by Crippen LogP contribution is 2.38. The minimum absolute atomic E-state index is 0.959. The Bertz CT molecular complexity index is 790. The van der Waals surface area contributed by atoms with Crippen LogP contribution in [0.25, 0.3) is 20.4 Å². The molecule has 0 amide bonds. The summed E-state index contributed by atoms with van der Waals surface area (Å²) in [5.74, 6) is 1.05. The summed E-state index contributed by atoms with van der Waals surface area (Å²) in [6.45, 7) is 6.25. The van der Waals surface area contributed by atoms with Crippen LogP contribution in [0.15, 0.2) is 6.33 Å². The van der Waals surface area contributed by atoms with E-state index in [1.165, 1.54) is 12.0 Å². The maximum Gasteiger partial charge on any atom is 0.150 e. The first-order valence-electron chi connectivity index (χ1n) is 6.38. The van der Waals surface area contributed by atoms with Gasteiger partial charge in [-0.1, -0.05) is 0 Å². The molecule has 1 fully saturated rings. The van der Waals surface area contributed by atoms with Crippen LogP contribution in [0.2, 0.25) is 0 Å². The minimum Gasteiger partial charge on any atom is -0.355 e. The van der Waals surface area contributed by atoms with Crippen LogP contribution >= 0.6 is 11.3 Å². The van der Waals surface area contributed by atoms with E-state index >= 15 is 0 Å². The van der Waals surface area contributed by atoms with Gasteiger partial charge in [-0.05, 0) is 25.8 Å². The van der Waals surface area contributed by atoms with Gasteiger partial charge in [0.1, 0.15) is 17.0 Å². The van der Waals surface area contributed by atoms with Crippen molar-refractivity contribution in [2.45, 2.75) is 20.3 Å². The lowest BCUT2D eigenvalue weighted by molar-refractivity contribution is 0.612. The van der Waals surface area contributed by atoms with E-state index in [-0.39, 0.29) is 0 Å². The van der Waals surface area contributed by atoms with Crippen molar-refractivity contribution in [3.8, 4) is 0 Å². The molecule has 0 saturated carbocycles. The molecule has 0 unspecified atom stereocenters. The fourth-order valence-corrected chi connectivity index (χ4v) is 3.57. The molecule has 0 aromatic carbocycles. The second kappa shape index (κ2) is 3.84. The molecule has 4 rings (SSSR count). The number of anilines is 1. The second-order valence-electron chi connectivity index (χ2n) is 4.91. The van der Waals surface area contributed by atoms with Gasteiger partial charge in [0.25, 0.3) is 0 Å². The molecule has 19 heavy (non-hydrogen) atoms. The molecular weight excluding hydrogens is 258 g/mol. The molecule has 3 aromatic rings. The van der Waals surface area contributed by atoms with Crippen molar-refractivity contribution in [1.29, 1.82) is 0 Å². The molecule has 0 bridgehead atoms. The predicted molar refractivity (Wildman–Crippen MR) is 76.8 cm³/mol. The standard InChI is InChI=1S/C13H13N5S/c1-7-8(2)16-17-13-9(7)10-11(19-13)12(15-6-14-10)18-4-3-5-18/h6H,3-5H2,1-2H3. The molecule has 5 nitrogen and oxygen atoms in total. The molecule has 4 heterocycles. The Morgan fingerprint density at radius 1 is 1.16 bits per heavy atom. The van der Waals surface area contributed by atoms with Gasteiger partial charge in [0, 0.05) is 18.5 Å². The first-order chi connectivity index (χ1) is 9.25. The van der Waals surface area contributed by atoms with Gasteiger partial charge < -0.3 is 4.90 Å². The molecule has 6 heteroatoms. The zero-order valence-electron chi connectivity index (χ0n) is 10.8. The van der Waals surface area contributed by atoms with Crippen LogP contribution in [0.4, 0.5) is 5.82 Å². The Hall–Kier alpha value is -1.82. The Morgan fingerprint density at radius 3 is 2.74 bits per heavy atom. The van der Waals surface area contributed by atoms with Gasteiger partial charge in [0.2, 0.25) is 0 Å². The maximum absolute atomic E-state index is 4.48. The molecule has 0 spiro atoms. The van der Waals surface area contributed by atoms with Crippen molar-refractivity contribution in [3.63, 3.8) is 0 Å². The lowest BCUT2D eigenvalue weighted by atomic mass is 10.1. The van der Waals surface area contributed by atoms with Gasteiger partial charge in [-0.2, -0.15) is 5.10 Å². The molecule has 0 aliphatic carbocycles. The molecule has 0 radical (unpaired) electrons. The number of aromatic nitrogens is 4. The number of aryl methyl sites for hydroxylation is 2. The van der Waals surface area contributed by atoms with Crippen molar-refractivity contribution in [2.75, 3.05) is 18.0 Å². The Balaban J connectivity index is 2.11. The van der Waals surface area contributed by atoms with Crippen molar-refractivity contribution in [2.24, 2.45) is 0 Å². The lowest BCUT2D eigenvalue weighted by Crippen LogP contribution is -2.37. The molecular formula is C13H13N5S. The quantitative estimate of drug-likeness (QED) is 0.680. The topological polar surface area (TPSA) is 54.8 Å². The highest BCUT2D eigenvalue weighted by molar-refractivity contribution is 7.26. The van der Waals surface area contributed by atoms with E-state index in [4.69, 9.17) is 0 Å². The van der Waals surface area contributed by atoms with Crippen molar-refractivity contribution < 1.29 is 0 Å². The summed E-state index contributed by atoms with van der Waals surface area (Å²) in [5.41, 5.74) is 3.16. The van der Waals surface area contributed by atoms with E-state index in [1.54, 1.807) is 17.7 Å². The number of fused-ring (bicyclic) bond motifs is 3. The Morgan fingerprint density at radius 2 is 2.00 bits per heavy atom. The van der Waals surface area contributed by atoms with Gasteiger partial charge in [-0.15, -0.1) is 16.4 Å². The molecule has 1 aliphatic heterocycles. The number of hydrogen-bond donors (Lipinski definition) is 0. The molecule has 1 aliphatic rings. The number of hydrogen-bond acceptors (Lipinski definition) is 6. The monoisotopic (exact) mass is 271 g/mol. The van der Waals surface area contributed by atoms with Gasteiger partial charge in [-0.25, -0.2) is 9.97 Å². The number of nitrogens with zero attached hydrogens (tertiary/aromatic N) is 5. The number of rotatable bonds is 1. The van der Waals surface area contributed by atoms with Crippen LogP contribution in [0.5, 0.6) is 0 Å². The van der Waals surface area contributed by atoms with E-state index in [1.807, 2.05) is 6.92 Å². The summed E-state index contributed by atoms with van der Waals surface area (Å²) in [6.07, 6.45) is 2.91. The summed E-state index contributed by atoms with van der Waals surface area (Å²) >= 11 is 1.65. The van der Waals surface area contributed by atoms with Crippen LogP contribution < -0.4 is 4.90 Å². The highest BCUT2D eigenvalue weighted by Gasteiger charge is 2.22. The van der Waals surface area contributed by atoms with E-state index in [9.17, 15) is 0 Å².